The number of nitrogens with zero attached hydrogens (tertiary/aromatic N) is 2. The molecule has 0 bridgehead atoms. The number of aromatic nitrogens is 1. The van der Waals surface area contributed by atoms with Crippen molar-refractivity contribution in [3.05, 3.63) is 16.6 Å². The van der Waals surface area contributed by atoms with Gasteiger partial charge in [0.1, 0.15) is 0 Å². The molecule has 92 valence electrons. The zero-order valence-electron chi connectivity index (χ0n) is 9.59. The predicted octanol–water partition coefficient (Wildman–Crippen LogP) is 0.707. The van der Waals surface area contributed by atoms with Gasteiger partial charge in [-0.15, -0.1) is 11.3 Å². The third-order valence-corrected chi connectivity index (χ3v) is 3.53. The van der Waals surface area contributed by atoms with E-state index in [-0.39, 0.29) is 17.8 Å². The van der Waals surface area contributed by atoms with E-state index in [0.29, 0.717) is 25.9 Å². The number of methoxy groups -OCH3 is 1. The summed E-state index contributed by atoms with van der Waals surface area (Å²) in [6.45, 7) is 1.10. The first kappa shape index (κ1) is 12.0. The number of hydrogen-bond acceptors (Lipinski definition) is 5. The number of likely N-dealkylation sites (tertiary alicyclic amines) is 1. The molecule has 1 atom stereocenters. The lowest BCUT2D eigenvalue weighted by Gasteiger charge is -2.15. The Balaban J connectivity index is 1.88. The summed E-state index contributed by atoms with van der Waals surface area (Å²) in [5.74, 6) is -0.365. The highest BCUT2D eigenvalue weighted by Crippen LogP contribution is 2.18. The molecule has 0 aromatic carbocycles. The summed E-state index contributed by atoms with van der Waals surface area (Å²) in [6, 6.07) is 0. The third-order valence-electron chi connectivity index (χ3n) is 2.89. The van der Waals surface area contributed by atoms with Crippen molar-refractivity contribution in [1.82, 2.24) is 9.88 Å². The Hall–Kier alpha value is -1.43. The number of esters is 1. The lowest BCUT2D eigenvalue weighted by atomic mass is 10.1. The Bertz CT molecular complexity index is 405. The molecule has 6 heteroatoms. The number of thiazole rings is 1. The first-order valence-corrected chi connectivity index (χ1v) is 6.37. The Kier molecular flexibility index (Phi) is 3.73. The fourth-order valence-electron chi connectivity index (χ4n) is 1.94. The van der Waals surface area contributed by atoms with Gasteiger partial charge in [-0.2, -0.15) is 0 Å². The summed E-state index contributed by atoms with van der Waals surface area (Å²) in [6.07, 6.45) is 1.01. The van der Waals surface area contributed by atoms with E-state index in [2.05, 4.69) is 9.72 Å². The minimum absolute atomic E-state index is 0.0299. The predicted molar refractivity (Wildman–Crippen MR) is 62.5 cm³/mol. The molecule has 2 rings (SSSR count). The molecule has 1 saturated heterocycles. The molecule has 0 N–H and O–H groups in total. The maximum atomic E-state index is 11.9. The average Bonchev–Trinajstić information content (AvgIpc) is 2.98. The molecule has 17 heavy (non-hydrogen) atoms. The molecule has 1 aromatic rings. The van der Waals surface area contributed by atoms with Crippen molar-refractivity contribution in [1.29, 1.82) is 0 Å². The number of amides is 1. The molecule has 0 saturated carbocycles. The van der Waals surface area contributed by atoms with Crippen molar-refractivity contribution in [3.63, 3.8) is 0 Å². The summed E-state index contributed by atoms with van der Waals surface area (Å²) in [7, 11) is 1.38. The summed E-state index contributed by atoms with van der Waals surface area (Å²) in [4.78, 5) is 29.0. The van der Waals surface area contributed by atoms with Gasteiger partial charge < -0.3 is 9.64 Å². The van der Waals surface area contributed by atoms with Crippen LogP contribution in [-0.2, 0) is 20.7 Å². The van der Waals surface area contributed by atoms with Crippen LogP contribution in [-0.4, -0.2) is 42.0 Å². The van der Waals surface area contributed by atoms with E-state index < -0.39 is 0 Å². The van der Waals surface area contributed by atoms with Crippen molar-refractivity contribution in [3.8, 4) is 0 Å². The van der Waals surface area contributed by atoms with Crippen molar-refractivity contribution < 1.29 is 14.3 Å². The minimum atomic E-state index is -0.228. The lowest BCUT2D eigenvalue weighted by Crippen LogP contribution is -2.31. The zero-order chi connectivity index (χ0) is 12.3. The van der Waals surface area contributed by atoms with Gasteiger partial charge in [-0.1, -0.05) is 0 Å². The van der Waals surface area contributed by atoms with Crippen LogP contribution in [0.4, 0.5) is 0 Å². The van der Waals surface area contributed by atoms with Gasteiger partial charge in [0.25, 0.3) is 0 Å². The lowest BCUT2D eigenvalue weighted by molar-refractivity contribution is -0.145. The maximum absolute atomic E-state index is 11.9. The molecule has 0 radical (unpaired) electrons. The van der Waals surface area contributed by atoms with Gasteiger partial charge in [-0.3, -0.25) is 9.59 Å². The molecule has 5 nitrogen and oxygen atoms in total. The third kappa shape index (κ3) is 2.82. The van der Waals surface area contributed by atoms with Gasteiger partial charge in [0, 0.05) is 18.5 Å². The molecule has 1 fully saturated rings. The van der Waals surface area contributed by atoms with Crippen LogP contribution in [0.1, 0.15) is 12.1 Å². The molecule has 1 unspecified atom stereocenters. The van der Waals surface area contributed by atoms with Gasteiger partial charge in [-0.25, -0.2) is 4.98 Å². The molecule has 0 spiro atoms. The highest BCUT2D eigenvalue weighted by Gasteiger charge is 2.31. The molecule has 1 aliphatic rings. The Morgan fingerprint density at radius 3 is 3.12 bits per heavy atom. The smallest absolute Gasteiger partial charge is 0.310 e. The number of carbonyl (C=O) groups is 2. The SMILES string of the molecule is COC(=O)C1CCN(C(=O)Cc2cscn2)C1. The van der Waals surface area contributed by atoms with Crippen molar-refractivity contribution in [2.45, 2.75) is 12.8 Å². The molecule has 1 amide bonds. The first-order valence-electron chi connectivity index (χ1n) is 5.43. The van der Waals surface area contributed by atoms with Crippen molar-refractivity contribution in [2.24, 2.45) is 5.92 Å². The summed E-state index contributed by atoms with van der Waals surface area (Å²) >= 11 is 1.48. The number of carbonyl (C=O) groups excluding carboxylic acids is 2. The van der Waals surface area contributed by atoms with Crippen LogP contribution >= 0.6 is 11.3 Å². The Labute approximate surface area is 103 Å². The van der Waals surface area contributed by atoms with Crippen LogP contribution in [0.2, 0.25) is 0 Å². The van der Waals surface area contributed by atoms with E-state index in [0.717, 1.165) is 5.69 Å². The average molecular weight is 254 g/mol. The van der Waals surface area contributed by atoms with Crippen molar-refractivity contribution in [2.75, 3.05) is 20.2 Å². The number of hydrogen-bond donors (Lipinski definition) is 0. The zero-order valence-corrected chi connectivity index (χ0v) is 10.4. The van der Waals surface area contributed by atoms with Crippen LogP contribution in [0, 0.1) is 5.92 Å². The normalized spacial score (nSPS) is 19.4. The van der Waals surface area contributed by atoms with Crippen LogP contribution in [0.5, 0.6) is 0 Å². The van der Waals surface area contributed by atoms with Crippen LogP contribution < -0.4 is 0 Å². The molecular formula is C11H14N2O3S. The standard InChI is InChI=1S/C11H14N2O3S/c1-16-11(15)8-2-3-13(5-8)10(14)4-9-6-17-7-12-9/h6-8H,2-5H2,1H3. The van der Waals surface area contributed by atoms with E-state index in [1.807, 2.05) is 5.38 Å². The summed E-state index contributed by atoms with van der Waals surface area (Å²) in [5.41, 5.74) is 2.51. The number of rotatable bonds is 3. The largest absolute Gasteiger partial charge is 0.469 e. The fraction of sp³-hybridized carbons (Fsp3) is 0.545. The Morgan fingerprint density at radius 1 is 1.65 bits per heavy atom. The van der Waals surface area contributed by atoms with E-state index in [1.165, 1.54) is 18.4 Å². The van der Waals surface area contributed by atoms with Gasteiger partial charge in [-0.05, 0) is 6.42 Å². The second-order valence-electron chi connectivity index (χ2n) is 4.01. The minimum Gasteiger partial charge on any atom is -0.469 e. The molecule has 1 aliphatic heterocycles. The first-order chi connectivity index (χ1) is 8.20. The maximum Gasteiger partial charge on any atom is 0.310 e. The molecular weight excluding hydrogens is 240 g/mol. The van der Waals surface area contributed by atoms with Gasteiger partial charge in [0.05, 0.1) is 30.7 Å². The summed E-state index contributed by atoms with van der Waals surface area (Å²) in [5, 5.41) is 1.87. The van der Waals surface area contributed by atoms with Gasteiger partial charge in [0.15, 0.2) is 0 Å². The van der Waals surface area contributed by atoms with E-state index in [9.17, 15) is 9.59 Å². The Morgan fingerprint density at radius 2 is 2.47 bits per heavy atom. The number of ether oxygens (including phenoxy) is 1. The summed E-state index contributed by atoms with van der Waals surface area (Å²) < 4.78 is 4.68. The molecule has 2 heterocycles. The molecule has 1 aromatic heterocycles. The van der Waals surface area contributed by atoms with Crippen LogP contribution in [0.3, 0.4) is 0 Å². The van der Waals surface area contributed by atoms with Gasteiger partial charge in [0.2, 0.25) is 5.91 Å². The van der Waals surface area contributed by atoms with Crippen molar-refractivity contribution >= 4 is 23.2 Å². The quantitative estimate of drug-likeness (QED) is 0.745. The second-order valence-corrected chi connectivity index (χ2v) is 4.72. The monoisotopic (exact) mass is 254 g/mol. The molecule has 0 aliphatic carbocycles. The van der Waals surface area contributed by atoms with Crippen LogP contribution in [0.15, 0.2) is 10.9 Å². The van der Waals surface area contributed by atoms with E-state index >= 15 is 0 Å². The van der Waals surface area contributed by atoms with E-state index in [1.54, 1.807) is 10.4 Å². The highest BCUT2D eigenvalue weighted by atomic mass is 32.1. The highest BCUT2D eigenvalue weighted by molar-refractivity contribution is 7.07. The second kappa shape index (κ2) is 5.27. The van der Waals surface area contributed by atoms with Gasteiger partial charge >= 0.3 is 5.97 Å². The van der Waals surface area contributed by atoms with Crippen LogP contribution in [0.25, 0.3) is 0 Å². The topological polar surface area (TPSA) is 59.5 Å². The fourth-order valence-corrected chi connectivity index (χ4v) is 2.50. The van der Waals surface area contributed by atoms with E-state index in [4.69, 9.17) is 0 Å².